The van der Waals surface area contributed by atoms with Gasteiger partial charge in [0.05, 0.1) is 5.56 Å². The van der Waals surface area contributed by atoms with Crippen LogP contribution in [0.2, 0.25) is 4.34 Å². The molecule has 2 aromatic rings. The Morgan fingerprint density at radius 1 is 1.46 bits per heavy atom. The highest BCUT2D eigenvalue weighted by Gasteiger charge is 2.09. The number of hydrogen-bond acceptors (Lipinski definition) is 3. The van der Waals surface area contributed by atoms with Crippen molar-refractivity contribution < 1.29 is 4.79 Å². The van der Waals surface area contributed by atoms with Gasteiger partial charge in [0.25, 0.3) is 0 Å². The number of benzene rings is 1. The lowest BCUT2D eigenvalue weighted by Crippen LogP contribution is -1.76. The molecule has 0 aliphatic carbocycles. The van der Waals surface area contributed by atoms with E-state index in [0.29, 0.717) is 9.90 Å². The highest BCUT2D eigenvalue weighted by molar-refractivity contribution is 7.80. The van der Waals surface area contributed by atoms with Crippen LogP contribution in [0.3, 0.4) is 0 Å². The molecule has 0 saturated heterocycles. The maximum absolute atomic E-state index is 10.7. The van der Waals surface area contributed by atoms with Gasteiger partial charge in [0.15, 0.2) is 6.29 Å². The molecule has 0 aliphatic rings. The van der Waals surface area contributed by atoms with E-state index in [9.17, 15) is 4.79 Å². The number of fused-ring (bicyclic) bond motifs is 1. The molecule has 0 amide bonds. The molecular formula is C9H5ClOS2. The van der Waals surface area contributed by atoms with Crippen molar-refractivity contribution in [2.45, 2.75) is 4.90 Å². The maximum Gasteiger partial charge on any atom is 0.153 e. The van der Waals surface area contributed by atoms with E-state index in [0.717, 1.165) is 21.3 Å². The monoisotopic (exact) mass is 228 g/mol. The van der Waals surface area contributed by atoms with Gasteiger partial charge in [0, 0.05) is 15.0 Å². The van der Waals surface area contributed by atoms with Crippen LogP contribution in [0.25, 0.3) is 10.1 Å². The minimum atomic E-state index is 0.545. The Kier molecular flexibility index (Phi) is 2.32. The number of halogens is 1. The highest BCUT2D eigenvalue weighted by atomic mass is 35.5. The van der Waals surface area contributed by atoms with Crippen molar-refractivity contribution >= 4 is 51.9 Å². The van der Waals surface area contributed by atoms with Crippen LogP contribution in [-0.4, -0.2) is 6.29 Å². The molecule has 1 aromatic heterocycles. The van der Waals surface area contributed by atoms with Crippen molar-refractivity contribution in [3.8, 4) is 0 Å². The average molecular weight is 229 g/mol. The molecule has 4 heteroatoms. The first kappa shape index (κ1) is 9.06. The Morgan fingerprint density at radius 2 is 2.23 bits per heavy atom. The first-order valence-electron chi connectivity index (χ1n) is 3.58. The van der Waals surface area contributed by atoms with Crippen LogP contribution in [0.1, 0.15) is 10.4 Å². The number of rotatable bonds is 1. The Bertz CT molecular complexity index is 476. The van der Waals surface area contributed by atoms with E-state index in [1.165, 1.54) is 11.3 Å². The van der Waals surface area contributed by atoms with E-state index in [2.05, 4.69) is 12.6 Å². The number of hydrogen-bond donors (Lipinski definition) is 1. The predicted octanol–water partition coefficient (Wildman–Crippen LogP) is 3.66. The second-order valence-electron chi connectivity index (χ2n) is 2.59. The molecule has 0 unspecified atom stereocenters. The van der Waals surface area contributed by atoms with Crippen LogP contribution in [0.15, 0.2) is 23.1 Å². The fraction of sp³-hybridized carbons (Fsp3) is 0. The summed E-state index contributed by atoms with van der Waals surface area (Å²) in [4.78, 5) is 11.5. The lowest BCUT2D eigenvalue weighted by molar-refractivity contribution is 0.112. The lowest BCUT2D eigenvalue weighted by Gasteiger charge is -1.91. The van der Waals surface area contributed by atoms with Gasteiger partial charge in [0.2, 0.25) is 0 Å². The molecule has 1 heterocycles. The number of thiol groups is 1. The summed E-state index contributed by atoms with van der Waals surface area (Å²) in [6.07, 6.45) is 0.786. The van der Waals surface area contributed by atoms with E-state index in [1.807, 2.05) is 18.2 Å². The van der Waals surface area contributed by atoms with Crippen LogP contribution >= 0.6 is 35.6 Å². The summed E-state index contributed by atoms with van der Waals surface area (Å²) in [5.74, 6) is 0. The van der Waals surface area contributed by atoms with Crippen LogP contribution in [0, 0.1) is 0 Å². The molecular weight excluding hydrogens is 224 g/mol. The summed E-state index contributed by atoms with van der Waals surface area (Å²) in [5, 5.41) is 0.887. The van der Waals surface area contributed by atoms with Crippen LogP contribution in [0.5, 0.6) is 0 Å². The van der Waals surface area contributed by atoms with E-state index >= 15 is 0 Å². The molecule has 0 spiro atoms. The Balaban J connectivity index is 2.88. The zero-order valence-electron chi connectivity index (χ0n) is 6.45. The molecule has 13 heavy (non-hydrogen) atoms. The Hall–Kier alpha value is -0.510. The number of aldehydes is 1. The van der Waals surface area contributed by atoms with Crippen LogP contribution in [-0.2, 0) is 0 Å². The van der Waals surface area contributed by atoms with Gasteiger partial charge in [-0.2, -0.15) is 0 Å². The SMILES string of the molecule is O=Cc1c(Cl)sc2ccc(S)cc12. The van der Waals surface area contributed by atoms with Gasteiger partial charge in [-0.05, 0) is 18.2 Å². The third-order valence-electron chi connectivity index (χ3n) is 1.78. The van der Waals surface area contributed by atoms with Gasteiger partial charge in [0.1, 0.15) is 4.34 Å². The molecule has 0 N–H and O–H groups in total. The number of carbonyl (C=O) groups excluding carboxylic acids is 1. The summed E-state index contributed by atoms with van der Waals surface area (Å²) in [7, 11) is 0. The van der Waals surface area contributed by atoms with Crippen molar-refractivity contribution in [1.82, 2.24) is 0 Å². The second-order valence-corrected chi connectivity index (χ2v) is 4.76. The van der Waals surface area contributed by atoms with Crippen molar-refractivity contribution in [2.24, 2.45) is 0 Å². The van der Waals surface area contributed by atoms with Gasteiger partial charge in [-0.1, -0.05) is 11.6 Å². The van der Waals surface area contributed by atoms with Crippen LogP contribution in [0.4, 0.5) is 0 Å². The summed E-state index contributed by atoms with van der Waals surface area (Å²) in [6.45, 7) is 0. The van der Waals surface area contributed by atoms with Crippen molar-refractivity contribution in [1.29, 1.82) is 0 Å². The predicted molar refractivity (Wildman–Crippen MR) is 59.5 cm³/mol. The third-order valence-corrected chi connectivity index (χ3v) is 3.47. The number of thiophene rings is 1. The zero-order chi connectivity index (χ0) is 9.42. The quantitative estimate of drug-likeness (QED) is 0.582. The topological polar surface area (TPSA) is 17.1 Å². The standard InChI is InChI=1S/C9H5ClOS2/c10-9-7(4-11)6-3-5(12)1-2-8(6)13-9/h1-4,12H. The first-order valence-corrected chi connectivity index (χ1v) is 5.22. The maximum atomic E-state index is 10.7. The normalized spacial score (nSPS) is 10.6. The van der Waals surface area contributed by atoms with Gasteiger partial charge in [-0.25, -0.2) is 0 Å². The third kappa shape index (κ3) is 1.47. The fourth-order valence-corrected chi connectivity index (χ4v) is 2.66. The number of carbonyl (C=O) groups is 1. The highest BCUT2D eigenvalue weighted by Crippen LogP contribution is 2.34. The van der Waals surface area contributed by atoms with E-state index in [4.69, 9.17) is 11.6 Å². The minimum absolute atomic E-state index is 0.545. The summed E-state index contributed by atoms with van der Waals surface area (Å²) >= 11 is 11.5. The summed E-state index contributed by atoms with van der Waals surface area (Å²) < 4.78 is 1.56. The molecule has 0 atom stereocenters. The summed E-state index contributed by atoms with van der Waals surface area (Å²) in [5.41, 5.74) is 0.567. The molecule has 0 radical (unpaired) electrons. The van der Waals surface area contributed by atoms with Crippen molar-refractivity contribution in [3.63, 3.8) is 0 Å². The molecule has 0 fully saturated rings. The summed E-state index contributed by atoms with van der Waals surface area (Å²) in [6, 6.07) is 5.65. The van der Waals surface area contributed by atoms with E-state index in [1.54, 1.807) is 0 Å². The Morgan fingerprint density at radius 3 is 2.92 bits per heavy atom. The Labute approximate surface area is 89.7 Å². The van der Waals surface area contributed by atoms with Crippen molar-refractivity contribution in [3.05, 3.63) is 28.1 Å². The molecule has 1 nitrogen and oxygen atoms in total. The van der Waals surface area contributed by atoms with Gasteiger partial charge in [-0.3, -0.25) is 4.79 Å². The molecule has 0 aliphatic heterocycles. The van der Waals surface area contributed by atoms with Crippen molar-refractivity contribution in [2.75, 3.05) is 0 Å². The minimum Gasteiger partial charge on any atom is -0.298 e. The zero-order valence-corrected chi connectivity index (χ0v) is 8.92. The van der Waals surface area contributed by atoms with E-state index < -0.39 is 0 Å². The van der Waals surface area contributed by atoms with Crippen LogP contribution < -0.4 is 0 Å². The van der Waals surface area contributed by atoms with Gasteiger partial charge >= 0.3 is 0 Å². The molecule has 2 rings (SSSR count). The molecule has 1 aromatic carbocycles. The first-order chi connectivity index (χ1) is 6.22. The molecule has 0 bridgehead atoms. The molecule has 0 saturated carbocycles. The van der Waals surface area contributed by atoms with Gasteiger partial charge < -0.3 is 0 Å². The van der Waals surface area contributed by atoms with E-state index in [-0.39, 0.29) is 0 Å². The second kappa shape index (κ2) is 3.33. The fourth-order valence-electron chi connectivity index (χ4n) is 1.18. The average Bonchev–Trinajstić information content (AvgIpc) is 2.40. The largest absolute Gasteiger partial charge is 0.298 e. The lowest BCUT2D eigenvalue weighted by atomic mass is 10.2. The van der Waals surface area contributed by atoms with Gasteiger partial charge in [-0.15, -0.1) is 24.0 Å². The molecule has 66 valence electrons. The smallest absolute Gasteiger partial charge is 0.153 e.